The number of primary amides is 1. The van der Waals surface area contributed by atoms with E-state index < -0.39 is 23.1 Å². The molecule has 1 aliphatic heterocycles. The molecule has 8 heteroatoms. The third-order valence-electron chi connectivity index (χ3n) is 4.24. The minimum atomic E-state index is -0.988. The molecule has 1 atom stereocenters. The van der Waals surface area contributed by atoms with E-state index in [1.165, 1.54) is 28.5 Å². The number of Topliss-reactive ketones (excluding diaryl/α,β-unsaturated/α-hetero) is 1. The lowest BCUT2D eigenvalue weighted by atomic mass is 9.92. The first-order valence-corrected chi connectivity index (χ1v) is 8.82. The molecule has 0 saturated heterocycles. The molecule has 25 heavy (non-hydrogen) atoms. The molecule has 0 aromatic carbocycles. The predicted molar refractivity (Wildman–Crippen MR) is 96.0 cm³/mol. The molecule has 0 spiro atoms. The Balaban J connectivity index is 2.05. The average molecular weight is 378 g/mol. The molecular formula is C17H16ClN3O3S. The Morgan fingerprint density at radius 3 is 2.76 bits per heavy atom. The lowest BCUT2D eigenvalue weighted by Crippen LogP contribution is -2.44. The second-order valence-corrected chi connectivity index (χ2v) is 7.85. The van der Waals surface area contributed by atoms with Gasteiger partial charge in [0.25, 0.3) is 0 Å². The van der Waals surface area contributed by atoms with Gasteiger partial charge in [-0.15, -0.1) is 11.3 Å². The molecule has 2 N–H and O–H groups in total. The maximum absolute atomic E-state index is 13.0. The van der Waals surface area contributed by atoms with Crippen molar-refractivity contribution in [1.82, 2.24) is 4.98 Å². The van der Waals surface area contributed by atoms with Gasteiger partial charge in [-0.25, -0.2) is 4.98 Å². The topological polar surface area (TPSA) is 93.4 Å². The van der Waals surface area contributed by atoms with Crippen LogP contribution in [-0.2, 0) is 9.59 Å². The fourth-order valence-electron chi connectivity index (χ4n) is 2.75. The van der Waals surface area contributed by atoms with E-state index in [4.69, 9.17) is 17.3 Å². The van der Waals surface area contributed by atoms with E-state index in [1.54, 1.807) is 31.4 Å². The number of ketones is 1. The van der Waals surface area contributed by atoms with E-state index >= 15 is 0 Å². The van der Waals surface area contributed by atoms with Gasteiger partial charge in [0.1, 0.15) is 11.1 Å². The van der Waals surface area contributed by atoms with Crippen molar-refractivity contribution in [2.45, 2.75) is 19.8 Å². The number of aromatic nitrogens is 1. The van der Waals surface area contributed by atoms with E-state index in [1.807, 2.05) is 0 Å². The van der Waals surface area contributed by atoms with Crippen LogP contribution in [0.1, 0.15) is 35.0 Å². The molecule has 0 radical (unpaired) electrons. The number of thiophene rings is 1. The quantitative estimate of drug-likeness (QED) is 0.492. The van der Waals surface area contributed by atoms with E-state index in [9.17, 15) is 14.4 Å². The van der Waals surface area contributed by atoms with Gasteiger partial charge in [0, 0.05) is 12.1 Å². The van der Waals surface area contributed by atoms with Crippen LogP contribution >= 0.6 is 22.9 Å². The van der Waals surface area contributed by atoms with Crippen LogP contribution in [0.25, 0.3) is 0 Å². The van der Waals surface area contributed by atoms with Gasteiger partial charge in [-0.05, 0) is 31.4 Å². The SMILES string of the molecule is CC(C)(CN1C(=O)C(C(=O)c2cccs2)c2cc(Cl)ncc21)C(N)=O. The summed E-state index contributed by atoms with van der Waals surface area (Å²) in [6.07, 6.45) is 1.45. The number of carbonyl (C=O) groups is 3. The van der Waals surface area contributed by atoms with Crippen molar-refractivity contribution in [3.8, 4) is 0 Å². The standard InChI is InChI=1S/C17H16ClN3O3S/c1-17(2,16(19)24)8-21-10-7-20-12(18)6-9(10)13(15(21)23)14(22)11-4-3-5-25-11/h3-7,13H,8H2,1-2H3,(H2,19,24). The first-order valence-electron chi connectivity index (χ1n) is 7.57. The summed E-state index contributed by atoms with van der Waals surface area (Å²) in [5, 5.41) is 1.98. The molecule has 0 aliphatic carbocycles. The van der Waals surface area contributed by atoms with E-state index in [2.05, 4.69) is 4.98 Å². The molecule has 6 nitrogen and oxygen atoms in total. The molecule has 1 aliphatic rings. The van der Waals surface area contributed by atoms with Crippen molar-refractivity contribution in [1.29, 1.82) is 0 Å². The summed E-state index contributed by atoms with van der Waals surface area (Å²) >= 11 is 7.25. The van der Waals surface area contributed by atoms with Crippen LogP contribution in [0.5, 0.6) is 0 Å². The van der Waals surface area contributed by atoms with Gasteiger partial charge in [0.05, 0.1) is 22.2 Å². The van der Waals surface area contributed by atoms with E-state index in [0.29, 0.717) is 16.1 Å². The van der Waals surface area contributed by atoms with E-state index in [0.717, 1.165) is 0 Å². The Morgan fingerprint density at radius 2 is 2.16 bits per heavy atom. The third-order valence-corrected chi connectivity index (χ3v) is 5.33. The van der Waals surface area contributed by atoms with Crippen LogP contribution in [0.2, 0.25) is 5.15 Å². The fourth-order valence-corrected chi connectivity index (χ4v) is 3.61. The van der Waals surface area contributed by atoms with Crippen molar-refractivity contribution in [3.05, 3.63) is 45.4 Å². The summed E-state index contributed by atoms with van der Waals surface area (Å²) in [7, 11) is 0. The monoisotopic (exact) mass is 377 g/mol. The van der Waals surface area contributed by atoms with Gasteiger partial charge in [-0.1, -0.05) is 17.7 Å². The van der Waals surface area contributed by atoms with Crippen molar-refractivity contribution < 1.29 is 14.4 Å². The van der Waals surface area contributed by atoms with Crippen LogP contribution in [0.15, 0.2) is 29.8 Å². The van der Waals surface area contributed by atoms with Gasteiger partial charge >= 0.3 is 0 Å². The largest absolute Gasteiger partial charge is 0.369 e. The highest BCUT2D eigenvalue weighted by Gasteiger charge is 2.45. The highest BCUT2D eigenvalue weighted by atomic mass is 35.5. The van der Waals surface area contributed by atoms with Gasteiger partial charge in [0.2, 0.25) is 11.8 Å². The highest BCUT2D eigenvalue weighted by molar-refractivity contribution is 7.12. The van der Waals surface area contributed by atoms with Crippen LogP contribution in [0.4, 0.5) is 5.69 Å². The molecule has 3 rings (SSSR count). The van der Waals surface area contributed by atoms with Crippen LogP contribution in [0, 0.1) is 5.41 Å². The summed E-state index contributed by atoms with van der Waals surface area (Å²) in [5.41, 5.74) is 5.47. The smallest absolute Gasteiger partial charge is 0.242 e. The highest BCUT2D eigenvalue weighted by Crippen LogP contribution is 2.41. The molecule has 0 fully saturated rings. The van der Waals surface area contributed by atoms with Gasteiger partial charge in [0.15, 0.2) is 5.78 Å². The zero-order valence-corrected chi connectivity index (χ0v) is 15.2. The second-order valence-electron chi connectivity index (χ2n) is 6.51. The van der Waals surface area contributed by atoms with E-state index in [-0.39, 0.29) is 17.5 Å². The zero-order valence-electron chi connectivity index (χ0n) is 13.7. The molecule has 3 heterocycles. The van der Waals surface area contributed by atoms with Gasteiger partial charge in [-0.3, -0.25) is 14.4 Å². The van der Waals surface area contributed by atoms with Crippen molar-refractivity contribution in [2.24, 2.45) is 11.1 Å². The zero-order chi connectivity index (χ0) is 18.4. The summed E-state index contributed by atoms with van der Waals surface area (Å²) in [5.74, 6) is -2.20. The third kappa shape index (κ3) is 3.05. The first kappa shape index (κ1) is 17.6. The molecule has 0 saturated carbocycles. The van der Waals surface area contributed by atoms with Crippen molar-refractivity contribution >= 4 is 46.2 Å². The maximum Gasteiger partial charge on any atom is 0.242 e. The Kier molecular flexibility index (Phi) is 4.38. The minimum Gasteiger partial charge on any atom is -0.369 e. The average Bonchev–Trinajstić information content (AvgIpc) is 3.14. The van der Waals surface area contributed by atoms with Crippen LogP contribution in [-0.4, -0.2) is 29.1 Å². The number of halogens is 1. The molecular weight excluding hydrogens is 362 g/mol. The Hall–Kier alpha value is -2.25. The number of carbonyl (C=O) groups excluding carboxylic acids is 3. The van der Waals surface area contributed by atoms with Crippen LogP contribution in [0.3, 0.4) is 0 Å². The molecule has 2 aromatic rings. The lowest BCUT2D eigenvalue weighted by molar-refractivity contribution is -0.126. The minimum absolute atomic E-state index is 0.0612. The van der Waals surface area contributed by atoms with Crippen molar-refractivity contribution in [3.63, 3.8) is 0 Å². The van der Waals surface area contributed by atoms with Crippen LogP contribution < -0.4 is 10.6 Å². The number of amides is 2. The normalized spacial score (nSPS) is 16.8. The Labute approximate surface area is 153 Å². The lowest BCUT2D eigenvalue weighted by Gasteiger charge is -2.27. The number of hydrogen-bond acceptors (Lipinski definition) is 5. The Bertz CT molecular complexity index is 864. The predicted octanol–water partition coefficient (Wildman–Crippen LogP) is 2.62. The molecule has 2 aromatic heterocycles. The Morgan fingerprint density at radius 1 is 1.44 bits per heavy atom. The second kappa shape index (κ2) is 6.24. The molecule has 2 amide bonds. The number of nitrogens with two attached hydrogens (primary N) is 1. The molecule has 1 unspecified atom stereocenters. The summed E-state index contributed by atoms with van der Waals surface area (Å²) in [6, 6.07) is 4.97. The molecule has 130 valence electrons. The maximum atomic E-state index is 13.0. The van der Waals surface area contributed by atoms with Crippen molar-refractivity contribution in [2.75, 3.05) is 11.4 Å². The summed E-state index contributed by atoms with van der Waals surface area (Å²) in [6.45, 7) is 3.37. The summed E-state index contributed by atoms with van der Waals surface area (Å²) < 4.78 is 0. The number of rotatable bonds is 5. The molecule has 0 bridgehead atoms. The van der Waals surface area contributed by atoms with Gasteiger partial charge < -0.3 is 10.6 Å². The number of hydrogen-bond donors (Lipinski definition) is 1. The number of anilines is 1. The summed E-state index contributed by atoms with van der Waals surface area (Å²) in [4.78, 5) is 43.4. The van der Waals surface area contributed by atoms with Gasteiger partial charge in [-0.2, -0.15) is 0 Å². The number of nitrogens with zero attached hydrogens (tertiary/aromatic N) is 2. The number of pyridine rings is 1. The number of fused-ring (bicyclic) bond motifs is 1. The first-order chi connectivity index (χ1) is 11.7. The fraction of sp³-hybridized carbons (Fsp3) is 0.294.